The van der Waals surface area contributed by atoms with Gasteiger partial charge in [0, 0.05) is 16.3 Å². The molecule has 1 aromatic heterocycles. The minimum atomic E-state index is -0.355. The third-order valence-corrected chi connectivity index (χ3v) is 4.74. The molecule has 8 heteroatoms. The molecule has 25 heavy (non-hydrogen) atoms. The first kappa shape index (κ1) is 17.3. The van der Waals surface area contributed by atoms with Crippen molar-refractivity contribution in [2.45, 2.75) is 10.9 Å². The second-order valence-electron chi connectivity index (χ2n) is 5.16. The summed E-state index contributed by atoms with van der Waals surface area (Å²) >= 11 is 7.46. The van der Waals surface area contributed by atoms with Gasteiger partial charge >= 0.3 is 5.97 Å². The number of nitrogens with two attached hydrogens (primary N) is 1. The predicted octanol–water partition coefficient (Wildman–Crippen LogP) is 3.39. The lowest BCUT2D eigenvalue weighted by Gasteiger charge is -2.05. The maximum absolute atomic E-state index is 11.4. The van der Waals surface area contributed by atoms with Crippen molar-refractivity contribution in [2.75, 3.05) is 13.0 Å². The molecule has 128 valence electrons. The van der Waals surface area contributed by atoms with Crippen LogP contribution in [0.2, 0.25) is 5.02 Å². The van der Waals surface area contributed by atoms with Crippen LogP contribution in [0.5, 0.6) is 0 Å². The van der Waals surface area contributed by atoms with Crippen LogP contribution in [0.4, 0.5) is 0 Å². The molecule has 0 aliphatic rings. The number of benzene rings is 2. The van der Waals surface area contributed by atoms with Gasteiger partial charge in [0.15, 0.2) is 5.82 Å². The van der Waals surface area contributed by atoms with E-state index in [4.69, 9.17) is 17.4 Å². The Morgan fingerprint density at radius 1 is 1.24 bits per heavy atom. The Balaban J connectivity index is 1.71. The van der Waals surface area contributed by atoms with Crippen molar-refractivity contribution < 1.29 is 9.53 Å². The van der Waals surface area contributed by atoms with E-state index in [2.05, 4.69) is 14.9 Å². The van der Waals surface area contributed by atoms with Gasteiger partial charge in [0.05, 0.1) is 12.7 Å². The molecule has 3 rings (SSSR count). The van der Waals surface area contributed by atoms with Crippen molar-refractivity contribution in [1.29, 1.82) is 0 Å². The molecule has 0 radical (unpaired) electrons. The number of carbonyl (C=O) groups is 1. The summed E-state index contributed by atoms with van der Waals surface area (Å²) < 4.78 is 6.13. The number of carbonyl (C=O) groups excluding carboxylic acids is 1. The van der Waals surface area contributed by atoms with Crippen LogP contribution < -0.4 is 5.84 Å². The first-order valence-corrected chi connectivity index (χ1v) is 8.71. The zero-order chi connectivity index (χ0) is 17.8. The second-order valence-corrected chi connectivity index (χ2v) is 6.54. The molecule has 0 bridgehead atoms. The highest BCUT2D eigenvalue weighted by Crippen LogP contribution is 2.25. The van der Waals surface area contributed by atoms with E-state index in [-0.39, 0.29) is 5.97 Å². The van der Waals surface area contributed by atoms with Gasteiger partial charge in [-0.1, -0.05) is 47.6 Å². The molecule has 0 fully saturated rings. The molecular formula is C17H15ClN4O2S. The summed E-state index contributed by atoms with van der Waals surface area (Å²) in [5, 5.41) is 9.47. The van der Waals surface area contributed by atoms with Crippen LogP contribution in [0.3, 0.4) is 0 Å². The number of hydrogen-bond donors (Lipinski definition) is 1. The average molecular weight is 375 g/mol. The van der Waals surface area contributed by atoms with Crippen molar-refractivity contribution in [3.8, 4) is 11.4 Å². The van der Waals surface area contributed by atoms with E-state index in [0.717, 1.165) is 11.1 Å². The number of hydrogen-bond acceptors (Lipinski definition) is 6. The first-order valence-electron chi connectivity index (χ1n) is 7.35. The summed E-state index contributed by atoms with van der Waals surface area (Å²) in [7, 11) is 1.36. The van der Waals surface area contributed by atoms with Crippen LogP contribution in [0.15, 0.2) is 53.7 Å². The van der Waals surface area contributed by atoms with E-state index < -0.39 is 0 Å². The van der Waals surface area contributed by atoms with E-state index >= 15 is 0 Å². The molecule has 0 spiro atoms. The molecule has 2 aromatic carbocycles. The Morgan fingerprint density at radius 3 is 2.68 bits per heavy atom. The summed E-state index contributed by atoms with van der Waals surface area (Å²) in [5.74, 6) is 6.94. The number of aromatic nitrogens is 3. The van der Waals surface area contributed by atoms with Crippen molar-refractivity contribution in [3.05, 3.63) is 64.7 Å². The molecule has 0 unspecified atom stereocenters. The fraction of sp³-hybridized carbons (Fsp3) is 0.118. The fourth-order valence-corrected chi connectivity index (χ4v) is 3.21. The van der Waals surface area contributed by atoms with Crippen molar-refractivity contribution >= 4 is 29.3 Å². The van der Waals surface area contributed by atoms with E-state index in [1.54, 1.807) is 24.3 Å². The highest BCUT2D eigenvalue weighted by atomic mass is 35.5. The molecule has 0 aliphatic heterocycles. The number of methoxy groups -OCH3 is 1. The summed E-state index contributed by atoms with van der Waals surface area (Å²) in [6.45, 7) is 0. The topological polar surface area (TPSA) is 83.0 Å². The van der Waals surface area contributed by atoms with Crippen molar-refractivity contribution in [3.63, 3.8) is 0 Å². The number of rotatable bonds is 5. The van der Waals surface area contributed by atoms with Gasteiger partial charge in [0.1, 0.15) is 0 Å². The average Bonchev–Trinajstić information content (AvgIpc) is 3.00. The van der Waals surface area contributed by atoms with Gasteiger partial charge in [-0.2, -0.15) is 0 Å². The van der Waals surface area contributed by atoms with Crippen LogP contribution in [-0.4, -0.2) is 28.0 Å². The van der Waals surface area contributed by atoms with Gasteiger partial charge in [-0.15, -0.1) is 10.2 Å². The molecule has 6 nitrogen and oxygen atoms in total. The molecule has 0 saturated heterocycles. The Bertz CT molecular complexity index is 896. The maximum Gasteiger partial charge on any atom is 0.337 e. The normalized spacial score (nSPS) is 10.6. The third kappa shape index (κ3) is 3.94. The SMILES string of the molecule is COC(=O)c1ccc(CSc2nnc(-c3cccc(Cl)c3)n2N)cc1. The van der Waals surface area contributed by atoms with E-state index in [1.165, 1.54) is 23.5 Å². The maximum atomic E-state index is 11.4. The molecule has 0 atom stereocenters. The van der Waals surface area contributed by atoms with E-state index in [1.807, 2.05) is 24.3 Å². The molecule has 2 N–H and O–H groups in total. The third-order valence-electron chi connectivity index (χ3n) is 3.49. The van der Waals surface area contributed by atoms with Crippen LogP contribution in [0.1, 0.15) is 15.9 Å². The quantitative estimate of drug-likeness (QED) is 0.418. The van der Waals surface area contributed by atoms with Gasteiger partial charge in [-0.25, -0.2) is 9.47 Å². The Morgan fingerprint density at radius 2 is 2.00 bits per heavy atom. The number of nitrogens with zero attached hydrogens (tertiary/aromatic N) is 3. The van der Waals surface area contributed by atoms with Gasteiger partial charge in [-0.05, 0) is 29.8 Å². The van der Waals surface area contributed by atoms with Crippen LogP contribution in [-0.2, 0) is 10.5 Å². The van der Waals surface area contributed by atoms with Crippen LogP contribution in [0.25, 0.3) is 11.4 Å². The zero-order valence-corrected chi connectivity index (χ0v) is 14.9. The summed E-state index contributed by atoms with van der Waals surface area (Å²) in [6, 6.07) is 14.5. The highest BCUT2D eigenvalue weighted by Gasteiger charge is 2.13. The number of thioether (sulfide) groups is 1. The Hall–Kier alpha value is -2.51. The zero-order valence-electron chi connectivity index (χ0n) is 13.3. The Labute approximate surface area is 153 Å². The standard InChI is InChI=1S/C17H15ClN4O2S/c1-24-16(23)12-7-5-11(6-8-12)10-25-17-21-20-15(22(17)19)13-3-2-4-14(18)9-13/h2-9H,10,19H2,1H3. The molecule has 0 saturated carbocycles. The largest absolute Gasteiger partial charge is 0.465 e. The number of nitrogen functional groups attached to an aromatic ring is 1. The van der Waals surface area contributed by atoms with Crippen LogP contribution in [0, 0.1) is 0 Å². The van der Waals surface area contributed by atoms with Crippen molar-refractivity contribution in [2.24, 2.45) is 0 Å². The molecule has 0 aliphatic carbocycles. The smallest absolute Gasteiger partial charge is 0.337 e. The lowest BCUT2D eigenvalue weighted by molar-refractivity contribution is 0.0600. The van der Waals surface area contributed by atoms with E-state index in [0.29, 0.717) is 27.3 Å². The number of esters is 1. The molecule has 1 heterocycles. The lowest BCUT2D eigenvalue weighted by Crippen LogP contribution is -2.11. The predicted molar refractivity (Wildman–Crippen MR) is 98.0 cm³/mol. The van der Waals surface area contributed by atoms with Crippen molar-refractivity contribution in [1.82, 2.24) is 14.9 Å². The summed E-state index contributed by atoms with van der Waals surface area (Å²) in [4.78, 5) is 11.4. The fourth-order valence-electron chi connectivity index (χ4n) is 2.20. The van der Waals surface area contributed by atoms with Crippen LogP contribution >= 0.6 is 23.4 Å². The lowest BCUT2D eigenvalue weighted by atomic mass is 10.1. The van der Waals surface area contributed by atoms with Gasteiger partial charge in [0.2, 0.25) is 5.16 Å². The molecule has 0 amide bonds. The Kier molecular flexibility index (Phi) is 5.25. The summed E-state index contributed by atoms with van der Waals surface area (Å²) in [5.41, 5.74) is 2.35. The molecular weight excluding hydrogens is 360 g/mol. The highest BCUT2D eigenvalue weighted by molar-refractivity contribution is 7.98. The van der Waals surface area contributed by atoms with Gasteiger partial charge in [-0.3, -0.25) is 0 Å². The van der Waals surface area contributed by atoms with E-state index in [9.17, 15) is 4.79 Å². The minimum Gasteiger partial charge on any atom is -0.465 e. The first-order chi connectivity index (χ1) is 12.1. The molecule has 3 aromatic rings. The van der Waals surface area contributed by atoms with Gasteiger partial charge < -0.3 is 10.6 Å². The minimum absolute atomic E-state index is 0.355. The second kappa shape index (κ2) is 7.58. The summed E-state index contributed by atoms with van der Waals surface area (Å²) in [6.07, 6.45) is 0. The monoisotopic (exact) mass is 374 g/mol. The van der Waals surface area contributed by atoms with Gasteiger partial charge in [0.25, 0.3) is 0 Å². The number of ether oxygens (including phenoxy) is 1. The number of halogens is 1.